The van der Waals surface area contributed by atoms with E-state index < -0.39 is 10.0 Å². The molecule has 2 unspecified atom stereocenters. The number of hydrogen-bond acceptors (Lipinski definition) is 5. The molecule has 0 saturated carbocycles. The molecular formula is C11H17N3O3S. The molecule has 2 atom stereocenters. The predicted molar refractivity (Wildman–Crippen MR) is 67.4 cm³/mol. The topological polar surface area (TPSA) is 85.5 Å². The zero-order chi connectivity index (χ0) is 13.3. The molecule has 1 aromatic rings. The van der Waals surface area contributed by atoms with E-state index in [0.29, 0.717) is 13.1 Å². The third kappa shape index (κ3) is 2.47. The van der Waals surface area contributed by atoms with Gasteiger partial charge in [-0.1, -0.05) is 0 Å². The number of pyridine rings is 1. The van der Waals surface area contributed by atoms with E-state index in [0.717, 1.165) is 0 Å². The van der Waals surface area contributed by atoms with Crippen LogP contribution in [0, 0.1) is 0 Å². The molecule has 2 heterocycles. The van der Waals surface area contributed by atoms with Gasteiger partial charge in [0.25, 0.3) is 0 Å². The molecule has 0 amide bonds. The molecule has 1 aromatic heterocycles. The summed E-state index contributed by atoms with van der Waals surface area (Å²) in [7, 11) is -3.59. The predicted octanol–water partition coefficient (Wildman–Crippen LogP) is 0.462. The van der Waals surface area contributed by atoms with E-state index in [-0.39, 0.29) is 22.9 Å². The van der Waals surface area contributed by atoms with Gasteiger partial charge < -0.3 is 10.5 Å². The van der Waals surface area contributed by atoms with E-state index in [1.54, 1.807) is 6.07 Å². The van der Waals surface area contributed by atoms with Crippen LogP contribution in [0.5, 0.6) is 0 Å². The van der Waals surface area contributed by atoms with Crippen LogP contribution in [0.4, 0.5) is 5.82 Å². The van der Waals surface area contributed by atoms with Crippen molar-refractivity contribution in [3.05, 3.63) is 18.3 Å². The number of ether oxygens (including phenoxy) is 1. The van der Waals surface area contributed by atoms with E-state index in [9.17, 15) is 8.42 Å². The molecular weight excluding hydrogens is 254 g/mol. The first-order valence-electron chi connectivity index (χ1n) is 5.77. The van der Waals surface area contributed by atoms with Crippen molar-refractivity contribution in [2.24, 2.45) is 0 Å². The van der Waals surface area contributed by atoms with E-state index >= 15 is 0 Å². The second-order valence-corrected chi connectivity index (χ2v) is 6.37. The van der Waals surface area contributed by atoms with Crippen molar-refractivity contribution in [2.45, 2.75) is 31.0 Å². The van der Waals surface area contributed by atoms with Crippen LogP contribution >= 0.6 is 0 Å². The molecule has 0 aromatic carbocycles. The molecule has 0 radical (unpaired) electrons. The van der Waals surface area contributed by atoms with Crippen LogP contribution in [-0.2, 0) is 14.8 Å². The summed E-state index contributed by atoms with van der Waals surface area (Å²) in [5.74, 6) is 0.0318. The van der Waals surface area contributed by atoms with Gasteiger partial charge in [-0.05, 0) is 26.0 Å². The fourth-order valence-corrected chi connectivity index (χ4v) is 3.75. The Kier molecular flexibility index (Phi) is 3.56. The number of nitrogen functional groups attached to an aromatic ring is 1. The summed E-state index contributed by atoms with van der Waals surface area (Å²) >= 11 is 0. The number of nitrogens with zero attached hydrogens (tertiary/aromatic N) is 2. The summed E-state index contributed by atoms with van der Waals surface area (Å²) in [5, 5.41) is 0. The number of anilines is 1. The van der Waals surface area contributed by atoms with Crippen molar-refractivity contribution < 1.29 is 13.2 Å². The van der Waals surface area contributed by atoms with Gasteiger partial charge in [-0.25, -0.2) is 13.4 Å². The molecule has 6 nitrogen and oxygen atoms in total. The summed E-state index contributed by atoms with van der Waals surface area (Å²) in [6.07, 6.45) is 1.22. The van der Waals surface area contributed by atoms with Crippen molar-refractivity contribution in [1.29, 1.82) is 0 Å². The first kappa shape index (κ1) is 13.3. The minimum absolute atomic E-state index is 0.0318. The third-order valence-corrected chi connectivity index (χ3v) is 4.68. The zero-order valence-electron chi connectivity index (χ0n) is 10.4. The van der Waals surface area contributed by atoms with E-state index in [1.165, 1.54) is 16.6 Å². The summed E-state index contributed by atoms with van der Waals surface area (Å²) in [5.41, 5.74) is 5.63. The SMILES string of the molecule is CC1CN(S(=O)(=O)c2cccnc2N)CC(C)O1. The summed E-state index contributed by atoms with van der Waals surface area (Å²) in [4.78, 5) is 3.88. The highest BCUT2D eigenvalue weighted by molar-refractivity contribution is 7.89. The first-order chi connectivity index (χ1) is 8.41. The van der Waals surface area contributed by atoms with Crippen LogP contribution in [0.15, 0.2) is 23.2 Å². The fourth-order valence-electron chi connectivity index (χ4n) is 2.09. The molecule has 1 fully saturated rings. The molecule has 0 aliphatic carbocycles. The highest BCUT2D eigenvalue weighted by atomic mass is 32.2. The van der Waals surface area contributed by atoms with Gasteiger partial charge in [-0.3, -0.25) is 0 Å². The lowest BCUT2D eigenvalue weighted by molar-refractivity contribution is -0.0440. The van der Waals surface area contributed by atoms with Gasteiger partial charge in [0, 0.05) is 19.3 Å². The third-order valence-electron chi connectivity index (χ3n) is 2.80. The van der Waals surface area contributed by atoms with Crippen molar-refractivity contribution in [3.63, 3.8) is 0 Å². The normalized spacial score (nSPS) is 26.1. The quantitative estimate of drug-likeness (QED) is 0.844. The second kappa shape index (κ2) is 4.83. The lowest BCUT2D eigenvalue weighted by atomic mass is 10.3. The van der Waals surface area contributed by atoms with Gasteiger partial charge in [-0.2, -0.15) is 4.31 Å². The lowest BCUT2D eigenvalue weighted by Gasteiger charge is -2.34. The Balaban J connectivity index is 2.34. The fraction of sp³-hybridized carbons (Fsp3) is 0.545. The van der Waals surface area contributed by atoms with Crippen LogP contribution in [0.2, 0.25) is 0 Å². The Labute approximate surface area is 107 Å². The first-order valence-corrected chi connectivity index (χ1v) is 7.21. The zero-order valence-corrected chi connectivity index (χ0v) is 11.2. The van der Waals surface area contributed by atoms with Gasteiger partial charge >= 0.3 is 0 Å². The number of rotatable bonds is 2. The molecule has 2 N–H and O–H groups in total. The largest absolute Gasteiger partial charge is 0.383 e. The maximum Gasteiger partial charge on any atom is 0.246 e. The number of morpholine rings is 1. The van der Waals surface area contributed by atoms with Crippen molar-refractivity contribution in [2.75, 3.05) is 18.8 Å². The van der Waals surface area contributed by atoms with Crippen LogP contribution in [-0.4, -0.2) is 43.0 Å². The monoisotopic (exact) mass is 271 g/mol. The molecule has 18 heavy (non-hydrogen) atoms. The van der Waals surface area contributed by atoms with Crippen LogP contribution in [0.25, 0.3) is 0 Å². The van der Waals surface area contributed by atoms with Crippen molar-refractivity contribution in [3.8, 4) is 0 Å². The Bertz CT molecular complexity index is 522. The number of hydrogen-bond donors (Lipinski definition) is 1. The molecule has 1 aliphatic heterocycles. The minimum Gasteiger partial charge on any atom is -0.383 e. The molecule has 0 bridgehead atoms. The standard InChI is InChI=1S/C11H17N3O3S/c1-8-6-14(7-9(2)17-8)18(15,16)10-4-3-5-13-11(10)12/h3-5,8-9H,6-7H2,1-2H3,(H2,12,13). The number of sulfonamides is 1. The Hall–Kier alpha value is -1.18. The summed E-state index contributed by atoms with van der Waals surface area (Å²) in [6.45, 7) is 4.37. The van der Waals surface area contributed by atoms with Gasteiger partial charge in [0.1, 0.15) is 10.7 Å². The van der Waals surface area contributed by atoms with E-state index in [2.05, 4.69) is 4.98 Å². The number of nitrogens with two attached hydrogens (primary N) is 1. The highest BCUT2D eigenvalue weighted by Gasteiger charge is 2.33. The summed E-state index contributed by atoms with van der Waals surface area (Å²) in [6, 6.07) is 3.04. The molecule has 100 valence electrons. The van der Waals surface area contributed by atoms with Gasteiger partial charge in [0.2, 0.25) is 10.0 Å². The Morgan fingerprint density at radius 1 is 1.39 bits per heavy atom. The van der Waals surface area contributed by atoms with Crippen molar-refractivity contribution >= 4 is 15.8 Å². The maximum atomic E-state index is 12.4. The average Bonchev–Trinajstić information content (AvgIpc) is 2.28. The summed E-state index contributed by atoms with van der Waals surface area (Å²) < 4.78 is 31.8. The van der Waals surface area contributed by atoms with E-state index in [1.807, 2.05) is 13.8 Å². The van der Waals surface area contributed by atoms with Gasteiger partial charge in [0.05, 0.1) is 12.2 Å². The Morgan fingerprint density at radius 2 is 2.00 bits per heavy atom. The minimum atomic E-state index is -3.59. The van der Waals surface area contributed by atoms with Crippen molar-refractivity contribution in [1.82, 2.24) is 9.29 Å². The smallest absolute Gasteiger partial charge is 0.246 e. The molecule has 1 aliphatic rings. The van der Waals surface area contributed by atoms with Gasteiger partial charge in [-0.15, -0.1) is 0 Å². The van der Waals surface area contributed by atoms with E-state index in [4.69, 9.17) is 10.5 Å². The second-order valence-electron chi connectivity index (χ2n) is 4.47. The molecule has 0 spiro atoms. The molecule has 1 saturated heterocycles. The Morgan fingerprint density at radius 3 is 2.56 bits per heavy atom. The molecule has 7 heteroatoms. The average molecular weight is 271 g/mol. The van der Waals surface area contributed by atoms with Crippen LogP contribution < -0.4 is 5.73 Å². The lowest BCUT2D eigenvalue weighted by Crippen LogP contribution is -2.48. The maximum absolute atomic E-state index is 12.4. The number of aromatic nitrogens is 1. The van der Waals surface area contributed by atoms with Crippen LogP contribution in [0.1, 0.15) is 13.8 Å². The highest BCUT2D eigenvalue weighted by Crippen LogP contribution is 2.23. The van der Waals surface area contributed by atoms with Gasteiger partial charge in [0.15, 0.2) is 0 Å². The molecule has 2 rings (SSSR count). The van der Waals surface area contributed by atoms with Crippen LogP contribution in [0.3, 0.4) is 0 Å².